The van der Waals surface area contributed by atoms with E-state index in [2.05, 4.69) is 26.5 Å². The van der Waals surface area contributed by atoms with Gasteiger partial charge >= 0.3 is 6.36 Å². The third-order valence-electron chi connectivity index (χ3n) is 6.43. The number of rotatable bonds is 5. The van der Waals surface area contributed by atoms with Gasteiger partial charge < -0.3 is 19.3 Å². The number of aryl methyl sites for hydroxylation is 2. The molecule has 2 N–H and O–H groups in total. The molecule has 0 saturated heterocycles. The monoisotopic (exact) mass is 514 g/mol. The summed E-state index contributed by atoms with van der Waals surface area (Å²) in [5, 5.41) is 11.4. The maximum absolute atomic E-state index is 13.0. The van der Waals surface area contributed by atoms with Crippen molar-refractivity contribution in [2.24, 2.45) is 0 Å². The smallest absolute Gasteiger partial charge is 0.573 e. The van der Waals surface area contributed by atoms with E-state index in [0.717, 1.165) is 36.3 Å². The Morgan fingerprint density at radius 2 is 1.50 bits per heavy atom. The van der Waals surface area contributed by atoms with E-state index >= 15 is 0 Å². The molecule has 0 saturated carbocycles. The van der Waals surface area contributed by atoms with Crippen molar-refractivity contribution in [3.8, 4) is 5.75 Å². The molecule has 3 aromatic carbocycles. The second kappa shape index (κ2) is 10.2. The molecule has 1 aliphatic heterocycles. The van der Waals surface area contributed by atoms with E-state index in [4.69, 9.17) is 0 Å². The maximum Gasteiger partial charge on any atom is 0.573 e. The average Bonchev–Trinajstić information content (AvgIpc) is 3.02. The molecule has 9 heteroatoms. The number of alkyl halides is 3. The molecule has 36 heavy (non-hydrogen) atoms. The summed E-state index contributed by atoms with van der Waals surface area (Å²) in [5.41, 5.74) is 5.10. The van der Waals surface area contributed by atoms with Crippen molar-refractivity contribution in [2.45, 2.75) is 49.1 Å². The number of benzene rings is 3. The zero-order valence-electron chi connectivity index (χ0n) is 19.2. The highest BCUT2D eigenvalue weighted by atomic mass is 32.2. The summed E-state index contributed by atoms with van der Waals surface area (Å²) < 4.78 is 57.1. The van der Waals surface area contributed by atoms with Gasteiger partial charge in [-0.15, -0.1) is 17.9 Å². The summed E-state index contributed by atoms with van der Waals surface area (Å²) in [4.78, 5) is 2.39. The van der Waals surface area contributed by atoms with Crippen LogP contribution in [0.25, 0.3) is 0 Å². The number of ether oxygens (including phenoxy) is 1. The highest BCUT2D eigenvalue weighted by Crippen LogP contribution is 2.41. The Kier molecular flexibility index (Phi) is 6.98. The van der Waals surface area contributed by atoms with Gasteiger partial charge in [0.25, 0.3) is 0 Å². The molecule has 1 unspecified atom stereocenters. The van der Waals surface area contributed by atoms with Crippen LogP contribution in [0.2, 0.25) is 0 Å². The second-order valence-electron chi connectivity index (χ2n) is 8.76. The minimum Gasteiger partial charge on any atom is -0.593 e. The third-order valence-corrected chi connectivity index (χ3v) is 7.65. The van der Waals surface area contributed by atoms with Crippen LogP contribution in [0.4, 0.5) is 24.5 Å². The van der Waals surface area contributed by atoms with Gasteiger partial charge in [0.15, 0.2) is 4.90 Å². The largest absolute Gasteiger partial charge is 0.593 e. The van der Waals surface area contributed by atoms with Crippen molar-refractivity contribution >= 4 is 22.7 Å². The fraction of sp³-hybridized carbons (Fsp3) is 0.259. The Hall–Kier alpha value is -2.98. The first-order valence-corrected chi connectivity index (χ1v) is 12.8. The van der Waals surface area contributed by atoms with Crippen LogP contribution in [0.1, 0.15) is 24.0 Å². The molecular formula is C27H25F3N2O3S. The van der Waals surface area contributed by atoms with Crippen LogP contribution < -0.4 is 14.4 Å². The van der Waals surface area contributed by atoms with Crippen LogP contribution in [0.5, 0.6) is 5.75 Å². The fourth-order valence-electron chi connectivity index (χ4n) is 4.77. The lowest BCUT2D eigenvalue weighted by molar-refractivity contribution is -0.274. The zero-order valence-corrected chi connectivity index (χ0v) is 20.1. The Labute approximate surface area is 210 Å². The standard InChI is InChI=1S/C27H25F3N2O3S/c28-27(29,30)35-20-14-16-21(17-15-20)36(34)31-22-8-5-11-25(26(22)33)32-23-9-3-1-6-18(23)12-13-19-7-2-4-10-24(19)32/h1-4,6-7,9-11,14-17,22,26,31,33H,5,8,12-13H2/t22-,26+,36?/m0/s1. The lowest BCUT2D eigenvalue weighted by Gasteiger charge is -2.37. The molecule has 1 heterocycles. The number of hydrogen-bond donors (Lipinski definition) is 2. The van der Waals surface area contributed by atoms with Gasteiger partial charge in [0, 0.05) is 17.1 Å². The van der Waals surface area contributed by atoms with Gasteiger partial charge in [-0.25, -0.2) is 0 Å². The Morgan fingerprint density at radius 3 is 2.08 bits per heavy atom. The van der Waals surface area contributed by atoms with Crippen molar-refractivity contribution in [3.63, 3.8) is 0 Å². The summed E-state index contributed by atoms with van der Waals surface area (Å²) in [5.74, 6) is -0.385. The van der Waals surface area contributed by atoms with Crippen molar-refractivity contribution in [2.75, 3.05) is 4.90 Å². The van der Waals surface area contributed by atoms with E-state index in [1.54, 1.807) is 0 Å². The predicted molar refractivity (Wildman–Crippen MR) is 132 cm³/mol. The molecule has 0 radical (unpaired) electrons. The highest BCUT2D eigenvalue weighted by molar-refractivity contribution is 7.89. The second-order valence-corrected chi connectivity index (χ2v) is 10.0. The quantitative estimate of drug-likeness (QED) is 0.438. The predicted octanol–water partition coefficient (Wildman–Crippen LogP) is 5.54. The first-order chi connectivity index (χ1) is 17.3. The molecule has 0 fully saturated rings. The van der Waals surface area contributed by atoms with Crippen LogP contribution in [0, 0.1) is 0 Å². The van der Waals surface area contributed by atoms with Gasteiger partial charge in [-0.2, -0.15) is 0 Å². The van der Waals surface area contributed by atoms with Gasteiger partial charge in [0.05, 0.1) is 17.4 Å². The molecule has 3 atom stereocenters. The van der Waals surface area contributed by atoms with E-state index in [1.165, 1.54) is 23.3 Å². The minimum atomic E-state index is -4.79. The van der Waals surface area contributed by atoms with Crippen LogP contribution in [0.15, 0.2) is 89.5 Å². The molecule has 0 aromatic heterocycles. The van der Waals surface area contributed by atoms with Crippen molar-refractivity contribution in [1.82, 2.24) is 4.72 Å². The number of aliphatic hydroxyl groups is 1. The first-order valence-electron chi connectivity index (χ1n) is 11.7. The van der Waals surface area contributed by atoms with Crippen LogP contribution in [-0.4, -0.2) is 28.2 Å². The minimum absolute atomic E-state index is 0.290. The van der Waals surface area contributed by atoms with Crippen LogP contribution in [0.3, 0.4) is 0 Å². The van der Waals surface area contributed by atoms with E-state index in [1.807, 2.05) is 42.5 Å². The fourth-order valence-corrected chi connectivity index (χ4v) is 5.81. The SMILES string of the molecule is [O-][S+](N[C@H]1CCC=C(N2c3ccccc3CCc3ccccc32)[C@@H]1O)c1ccc(OC(F)(F)F)cc1. The molecule has 0 amide bonds. The van der Waals surface area contributed by atoms with E-state index in [0.29, 0.717) is 23.4 Å². The Balaban J connectivity index is 1.38. The Morgan fingerprint density at radius 1 is 0.917 bits per heavy atom. The van der Waals surface area contributed by atoms with Gasteiger partial charge in [-0.05, 0) is 73.2 Å². The molecule has 0 spiro atoms. The Bertz CT molecular complexity index is 1200. The number of nitrogens with one attached hydrogen (secondary N) is 1. The van der Waals surface area contributed by atoms with E-state index in [9.17, 15) is 22.8 Å². The van der Waals surface area contributed by atoms with Crippen molar-refractivity contribution < 1.29 is 27.6 Å². The molecule has 3 aromatic rings. The summed E-state index contributed by atoms with van der Waals surface area (Å²) >= 11 is -1.74. The summed E-state index contributed by atoms with van der Waals surface area (Å²) in [6, 6.07) is 20.6. The maximum atomic E-state index is 13.0. The van der Waals surface area contributed by atoms with Crippen LogP contribution >= 0.6 is 0 Å². The lowest BCUT2D eigenvalue weighted by atomic mass is 9.94. The van der Waals surface area contributed by atoms with Gasteiger partial charge in [-0.1, -0.05) is 42.5 Å². The number of anilines is 2. The number of para-hydroxylation sites is 2. The number of halogens is 3. The molecule has 2 aliphatic rings. The average molecular weight is 515 g/mol. The van der Waals surface area contributed by atoms with Crippen molar-refractivity contribution in [1.29, 1.82) is 0 Å². The van der Waals surface area contributed by atoms with E-state index < -0.39 is 29.9 Å². The molecule has 188 valence electrons. The summed E-state index contributed by atoms with van der Waals surface area (Å²) in [6.45, 7) is 0. The number of allylic oxidation sites excluding steroid dienone is 1. The number of aliphatic hydroxyl groups excluding tert-OH is 1. The molecular weight excluding hydrogens is 489 g/mol. The molecule has 5 nitrogen and oxygen atoms in total. The molecule has 1 aliphatic carbocycles. The lowest BCUT2D eigenvalue weighted by Crippen LogP contribution is -2.48. The number of hydrogen-bond acceptors (Lipinski definition) is 5. The topological polar surface area (TPSA) is 67.8 Å². The van der Waals surface area contributed by atoms with Gasteiger partial charge in [0.2, 0.25) is 0 Å². The summed E-state index contributed by atoms with van der Waals surface area (Å²) in [7, 11) is 0. The number of nitrogens with zero attached hydrogens (tertiary/aromatic N) is 1. The van der Waals surface area contributed by atoms with Crippen molar-refractivity contribution in [3.05, 3.63) is 95.7 Å². The van der Waals surface area contributed by atoms with Gasteiger partial charge in [-0.3, -0.25) is 0 Å². The number of fused-ring (bicyclic) bond motifs is 2. The highest BCUT2D eigenvalue weighted by Gasteiger charge is 2.36. The van der Waals surface area contributed by atoms with Crippen LogP contribution in [-0.2, 0) is 24.2 Å². The van der Waals surface area contributed by atoms with E-state index in [-0.39, 0.29) is 5.75 Å². The normalized spacial score (nSPS) is 20.6. The first kappa shape index (κ1) is 24.7. The molecule has 5 rings (SSSR count). The zero-order chi connectivity index (χ0) is 25.3. The van der Waals surface area contributed by atoms with Gasteiger partial charge in [0.1, 0.15) is 11.9 Å². The molecule has 0 bridgehead atoms. The third kappa shape index (κ3) is 5.24. The summed E-state index contributed by atoms with van der Waals surface area (Å²) in [6.07, 6.45) is -0.732.